The molecule has 0 aliphatic rings. The zero-order valence-corrected chi connectivity index (χ0v) is 15.4. The summed E-state index contributed by atoms with van der Waals surface area (Å²) in [6, 6.07) is 10.0. The molecule has 1 aromatic heterocycles. The summed E-state index contributed by atoms with van der Waals surface area (Å²) in [6.07, 6.45) is -0.104. The number of carbonyl (C=O) groups is 4. The van der Waals surface area contributed by atoms with Crippen LogP contribution in [0, 0.1) is 13.8 Å². The van der Waals surface area contributed by atoms with Gasteiger partial charge in [-0.15, -0.1) is 11.3 Å². The van der Waals surface area contributed by atoms with E-state index in [9.17, 15) is 19.2 Å². The maximum Gasteiger partial charge on any atom is 0.306 e. The van der Waals surface area contributed by atoms with Gasteiger partial charge in [-0.2, -0.15) is 0 Å². The normalized spacial score (nSPS) is 10.2. The summed E-state index contributed by atoms with van der Waals surface area (Å²) in [5.74, 6) is -2.08. The third kappa shape index (κ3) is 5.63. The van der Waals surface area contributed by atoms with Gasteiger partial charge in [-0.3, -0.25) is 24.5 Å². The van der Waals surface area contributed by atoms with E-state index in [4.69, 9.17) is 4.74 Å². The van der Waals surface area contributed by atoms with Crippen LogP contribution < -0.4 is 5.32 Å². The van der Waals surface area contributed by atoms with Gasteiger partial charge in [-0.1, -0.05) is 18.2 Å². The van der Waals surface area contributed by atoms with Crippen molar-refractivity contribution in [2.45, 2.75) is 26.7 Å². The summed E-state index contributed by atoms with van der Waals surface area (Å²) in [6.45, 7) is 3.21. The van der Waals surface area contributed by atoms with Gasteiger partial charge in [0.1, 0.15) is 0 Å². The lowest BCUT2D eigenvalue weighted by Crippen LogP contribution is -2.34. The Morgan fingerprint density at radius 3 is 2.35 bits per heavy atom. The molecule has 26 heavy (non-hydrogen) atoms. The van der Waals surface area contributed by atoms with E-state index in [-0.39, 0.29) is 18.6 Å². The molecule has 1 aromatic carbocycles. The second-order valence-electron chi connectivity index (χ2n) is 5.65. The molecular formula is C19H19NO5S. The molecular weight excluding hydrogens is 354 g/mol. The van der Waals surface area contributed by atoms with E-state index in [1.54, 1.807) is 36.4 Å². The Hall–Kier alpha value is -2.80. The molecule has 2 amide bonds. The van der Waals surface area contributed by atoms with Gasteiger partial charge in [0.25, 0.3) is 11.8 Å². The number of ketones is 1. The Kier molecular flexibility index (Phi) is 6.80. The van der Waals surface area contributed by atoms with Crippen molar-refractivity contribution in [1.82, 2.24) is 5.32 Å². The number of ether oxygens (including phenoxy) is 1. The predicted molar refractivity (Wildman–Crippen MR) is 97.2 cm³/mol. The Balaban J connectivity index is 1.73. The van der Waals surface area contributed by atoms with Gasteiger partial charge in [0.15, 0.2) is 12.4 Å². The summed E-state index contributed by atoms with van der Waals surface area (Å²) >= 11 is 1.53. The molecule has 2 rings (SSSR count). The minimum absolute atomic E-state index is 0.0143. The lowest BCUT2D eigenvalue weighted by atomic mass is 10.1. The van der Waals surface area contributed by atoms with Gasteiger partial charge in [-0.05, 0) is 32.0 Å². The van der Waals surface area contributed by atoms with Crippen LogP contribution >= 0.6 is 11.3 Å². The summed E-state index contributed by atoms with van der Waals surface area (Å²) in [4.78, 5) is 49.2. The second kappa shape index (κ2) is 9.05. The van der Waals surface area contributed by atoms with Crippen LogP contribution in [-0.4, -0.2) is 30.2 Å². The highest BCUT2D eigenvalue weighted by atomic mass is 32.1. The van der Waals surface area contributed by atoms with Gasteiger partial charge in [0, 0.05) is 27.3 Å². The highest BCUT2D eigenvalue weighted by Gasteiger charge is 2.16. The summed E-state index contributed by atoms with van der Waals surface area (Å²) in [7, 11) is 0. The largest absolute Gasteiger partial charge is 0.456 e. The molecule has 0 bridgehead atoms. The second-order valence-corrected chi connectivity index (χ2v) is 7.11. The molecule has 0 aliphatic carbocycles. The smallest absolute Gasteiger partial charge is 0.306 e. The maximum absolute atomic E-state index is 12.1. The molecule has 0 radical (unpaired) electrons. The molecule has 2 aromatic rings. The molecule has 7 heteroatoms. The molecule has 0 fully saturated rings. The SMILES string of the molecule is Cc1cc(C(=O)CCC(=O)OCC(=O)NC(=O)c2ccccc2)c(C)s1. The first-order valence-electron chi connectivity index (χ1n) is 8.02. The summed E-state index contributed by atoms with van der Waals surface area (Å²) in [5.41, 5.74) is 0.950. The van der Waals surface area contributed by atoms with Crippen LogP contribution in [0.3, 0.4) is 0 Å². The molecule has 0 aliphatic heterocycles. The van der Waals surface area contributed by atoms with Crippen LogP contribution in [0.5, 0.6) is 0 Å². The Bertz CT molecular complexity index is 826. The molecule has 0 unspecified atom stereocenters. The van der Waals surface area contributed by atoms with Crippen LogP contribution in [0.2, 0.25) is 0 Å². The van der Waals surface area contributed by atoms with Crippen molar-refractivity contribution in [3.8, 4) is 0 Å². The molecule has 0 saturated carbocycles. The van der Waals surface area contributed by atoms with Crippen LogP contribution in [0.1, 0.15) is 43.3 Å². The van der Waals surface area contributed by atoms with Crippen molar-refractivity contribution < 1.29 is 23.9 Å². The fourth-order valence-corrected chi connectivity index (χ4v) is 3.24. The summed E-state index contributed by atoms with van der Waals surface area (Å²) in [5, 5.41) is 2.13. The van der Waals surface area contributed by atoms with E-state index in [2.05, 4.69) is 5.32 Å². The Morgan fingerprint density at radius 1 is 1.04 bits per heavy atom. The van der Waals surface area contributed by atoms with E-state index < -0.39 is 24.4 Å². The zero-order valence-electron chi connectivity index (χ0n) is 14.5. The molecule has 136 valence electrons. The Labute approximate surface area is 155 Å². The predicted octanol–water partition coefficient (Wildman–Crippen LogP) is 2.83. The quantitative estimate of drug-likeness (QED) is 0.595. The van der Waals surface area contributed by atoms with Gasteiger partial charge in [0.2, 0.25) is 0 Å². The van der Waals surface area contributed by atoms with Crippen molar-refractivity contribution in [2.75, 3.05) is 6.61 Å². The molecule has 0 atom stereocenters. The third-order valence-corrected chi connectivity index (χ3v) is 4.52. The van der Waals surface area contributed by atoms with Gasteiger partial charge < -0.3 is 4.74 Å². The number of amides is 2. The van der Waals surface area contributed by atoms with Crippen LogP contribution in [0.15, 0.2) is 36.4 Å². The lowest BCUT2D eigenvalue weighted by Gasteiger charge is -2.06. The van der Waals surface area contributed by atoms with E-state index >= 15 is 0 Å². The minimum atomic E-state index is -0.720. The molecule has 0 saturated heterocycles. The number of esters is 1. The number of aryl methyl sites for hydroxylation is 2. The number of carbonyl (C=O) groups excluding carboxylic acids is 4. The standard InChI is InChI=1S/C19H19NO5S/c1-12-10-15(13(2)26-12)16(21)8-9-18(23)25-11-17(22)20-19(24)14-6-4-3-5-7-14/h3-7,10H,8-9,11H2,1-2H3,(H,20,22,24). The first-order chi connectivity index (χ1) is 12.4. The number of hydrogen-bond acceptors (Lipinski definition) is 6. The van der Waals surface area contributed by atoms with Gasteiger partial charge in [-0.25, -0.2) is 0 Å². The molecule has 1 heterocycles. The number of imide groups is 1. The van der Waals surface area contributed by atoms with E-state index in [0.717, 1.165) is 9.75 Å². The zero-order chi connectivity index (χ0) is 19.1. The van der Waals surface area contributed by atoms with Crippen molar-refractivity contribution >= 4 is 34.9 Å². The number of hydrogen-bond donors (Lipinski definition) is 1. The van der Waals surface area contributed by atoms with Crippen molar-refractivity contribution in [3.63, 3.8) is 0 Å². The molecule has 1 N–H and O–H groups in total. The van der Waals surface area contributed by atoms with Gasteiger partial charge >= 0.3 is 5.97 Å². The number of thiophene rings is 1. The number of benzene rings is 1. The minimum Gasteiger partial charge on any atom is -0.456 e. The highest BCUT2D eigenvalue weighted by molar-refractivity contribution is 7.12. The van der Waals surface area contributed by atoms with E-state index in [1.165, 1.54) is 11.3 Å². The highest BCUT2D eigenvalue weighted by Crippen LogP contribution is 2.22. The fourth-order valence-electron chi connectivity index (χ4n) is 2.30. The first kappa shape index (κ1) is 19.5. The van der Waals surface area contributed by atoms with Gasteiger partial charge in [0.05, 0.1) is 6.42 Å². The average molecular weight is 373 g/mol. The topological polar surface area (TPSA) is 89.5 Å². The third-order valence-electron chi connectivity index (χ3n) is 3.55. The lowest BCUT2D eigenvalue weighted by molar-refractivity contribution is -0.148. The molecule has 6 nitrogen and oxygen atoms in total. The van der Waals surface area contributed by atoms with Crippen LogP contribution in [0.4, 0.5) is 0 Å². The monoisotopic (exact) mass is 373 g/mol. The van der Waals surface area contributed by atoms with E-state index in [1.807, 2.05) is 13.8 Å². The van der Waals surface area contributed by atoms with Crippen molar-refractivity contribution in [3.05, 3.63) is 57.3 Å². The number of nitrogens with one attached hydrogen (secondary N) is 1. The van der Waals surface area contributed by atoms with Crippen LogP contribution in [0.25, 0.3) is 0 Å². The first-order valence-corrected chi connectivity index (χ1v) is 8.83. The van der Waals surface area contributed by atoms with Crippen molar-refractivity contribution in [2.24, 2.45) is 0 Å². The summed E-state index contributed by atoms with van der Waals surface area (Å²) < 4.78 is 4.81. The molecule has 0 spiro atoms. The van der Waals surface area contributed by atoms with E-state index in [0.29, 0.717) is 11.1 Å². The maximum atomic E-state index is 12.1. The number of rotatable bonds is 7. The van der Waals surface area contributed by atoms with Crippen molar-refractivity contribution in [1.29, 1.82) is 0 Å². The Morgan fingerprint density at radius 2 is 1.73 bits per heavy atom. The fraction of sp³-hybridized carbons (Fsp3) is 0.263. The average Bonchev–Trinajstić information content (AvgIpc) is 2.97. The van der Waals surface area contributed by atoms with Crippen LogP contribution in [-0.2, 0) is 14.3 Å². The number of Topliss-reactive ketones (excluding diaryl/α,β-unsaturated/α-hetero) is 1.